The summed E-state index contributed by atoms with van der Waals surface area (Å²) in [5.41, 5.74) is 5.54. The number of aliphatic imine (C=N–C) groups is 1. The van der Waals surface area contributed by atoms with Gasteiger partial charge in [-0.1, -0.05) is 0 Å². The predicted molar refractivity (Wildman–Crippen MR) is 131 cm³/mol. The number of carbonyl (C=O) groups is 7. The van der Waals surface area contributed by atoms with Crippen molar-refractivity contribution in [1.82, 2.24) is 21.0 Å². The Morgan fingerprint density at radius 3 is 2.24 bits per heavy atom. The molecule has 1 aliphatic heterocycles. The molecule has 16 heteroatoms. The number of ketones is 1. The van der Waals surface area contributed by atoms with Gasteiger partial charge >= 0.3 is 11.9 Å². The van der Waals surface area contributed by atoms with Crippen LogP contribution in [0.15, 0.2) is 4.99 Å². The number of Topliss-reactive ketones (excluding diaryl/α,β-unsaturated/α-hetero) is 1. The summed E-state index contributed by atoms with van der Waals surface area (Å²) in [7, 11) is 3.27. The monoisotopic (exact) mass is 544 g/mol. The summed E-state index contributed by atoms with van der Waals surface area (Å²) < 4.78 is 4.45. The molecule has 0 saturated carbocycles. The fourth-order valence-corrected chi connectivity index (χ4v) is 3.34. The summed E-state index contributed by atoms with van der Waals surface area (Å²) in [5.74, 6) is -4.54. The maximum atomic E-state index is 12.6. The smallest absolute Gasteiger partial charge is 0.355 e. The first-order chi connectivity index (χ1) is 17.5. The lowest BCUT2D eigenvalue weighted by molar-refractivity contribution is -0.199. The van der Waals surface area contributed by atoms with Crippen LogP contribution in [0.4, 0.5) is 0 Å². The highest BCUT2D eigenvalue weighted by Gasteiger charge is 2.35. The standard InChI is InChI=1S/C21H33N6O9P/c1-12(28)25-13(4-3-11-24-21(22)23-2)15(29)6-7-16(30)26-14(5-10-19(33)36-37)20(34)35-27-17(31)8-9-18(27)32/h13-14H,3-11,37H2,1-2H3,(H,25,28)(H,26,30)(H3,22,23,24)/t13-,14?/m0/s1. The van der Waals surface area contributed by atoms with Crippen molar-refractivity contribution >= 4 is 56.8 Å². The Labute approximate surface area is 215 Å². The zero-order chi connectivity index (χ0) is 28.0. The number of nitrogens with two attached hydrogens (primary N) is 1. The van der Waals surface area contributed by atoms with E-state index in [0.717, 1.165) is 0 Å². The molecule has 3 atom stereocenters. The first kappa shape index (κ1) is 31.4. The van der Waals surface area contributed by atoms with Crippen molar-refractivity contribution in [2.45, 2.75) is 70.4 Å². The first-order valence-electron chi connectivity index (χ1n) is 11.5. The van der Waals surface area contributed by atoms with Gasteiger partial charge in [0.2, 0.25) is 11.8 Å². The van der Waals surface area contributed by atoms with Crippen molar-refractivity contribution in [3.8, 4) is 0 Å². The van der Waals surface area contributed by atoms with Gasteiger partial charge in [-0.2, -0.15) is 0 Å². The molecule has 1 saturated heterocycles. The largest absolute Gasteiger partial charge is 0.452 e. The van der Waals surface area contributed by atoms with E-state index in [9.17, 15) is 33.6 Å². The third-order valence-electron chi connectivity index (χ3n) is 5.16. The molecule has 37 heavy (non-hydrogen) atoms. The maximum Gasteiger partial charge on any atom is 0.355 e. The number of nitrogens with one attached hydrogen (secondary N) is 3. The molecule has 0 radical (unpaired) electrons. The van der Waals surface area contributed by atoms with E-state index in [0.29, 0.717) is 18.0 Å². The fraction of sp³-hybridized carbons (Fsp3) is 0.619. The normalized spacial score (nSPS) is 15.0. The van der Waals surface area contributed by atoms with Crippen LogP contribution in [0.1, 0.15) is 58.3 Å². The van der Waals surface area contributed by atoms with Crippen LogP contribution in [0.5, 0.6) is 0 Å². The van der Waals surface area contributed by atoms with Crippen LogP contribution >= 0.6 is 9.47 Å². The molecule has 206 valence electrons. The van der Waals surface area contributed by atoms with Crippen molar-refractivity contribution in [2.24, 2.45) is 10.7 Å². The molecule has 0 aromatic carbocycles. The average Bonchev–Trinajstić information content (AvgIpc) is 3.17. The Kier molecular flexibility index (Phi) is 13.8. The van der Waals surface area contributed by atoms with Gasteiger partial charge in [-0.3, -0.25) is 33.8 Å². The quantitative estimate of drug-likeness (QED) is 0.0603. The lowest BCUT2D eigenvalue weighted by atomic mass is 10.0. The topological polar surface area (TPSA) is 216 Å². The molecule has 1 rings (SSSR count). The Balaban J connectivity index is 2.71. The van der Waals surface area contributed by atoms with Crippen molar-refractivity contribution in [1.29, 1.82) is 0 Å². The molecule has 0 spiro atoms. The van der Waals surface area contributed by atoms with Gasteiger partial charge in [-0.05, 0) is 19.3 Å². The van der Waals surface area contributed by atoms with Gasteiger partial charge in [0, 0.05) is 52.6 Å². The van der Waals surface area contributed by atoms with E-state index in [2.05, 4.69) is 25.5 Å². The summed E-state index contributed by atoms with van der Waals surface area (Å²) in [6.07, 6.45) is -0.570. The van der Waals surface area contributed by atoms with Crippen molar-refractivity contribution in [3.63, 3.8) is 0 Å². The molecule has 4 amide bonds. The van der Waals surface area contributed by atoms with Crippen molar-refractivity contribution in [3.05, 3.63) is 0 Å². The van der Waals surface area contributed by atoms with Crippen LogP contribution < -0.4 is 21.7 Å². The number of hydrogen-bond acceptors (Lipinski definition) is 10. The molecule has 0 aromatic heterocycles. The molecule has 15 nitrogen and oxygen atoms in total. The number of amides is 4. The van der Waals surface area contributed by atoms with E-state index in [-0.39, 0.29) is 50.9 Å². The van der Waals surface area contributed by atoms with E-state index in [1.807, 2.05) is 0 Å². The van der Waals surface area contributed by atoms with Gasteiger partial charge in [0.05, 0.1) is 15.5 Å². The number of hydroxylamine groups is 2. The lowest BCUT2D eigenvalue weighted by Crippen LogP contribution is -2.46. The minimum atomic E-state index is -1.39. The van der Waals surface area contributed by atoms with Crippen LogP contribution in [-0.2, 0) is 42.9 Å². The van der Waals surface area contributed by atoms with Crippen LogP contribution in [0.2, 0.25) is 0 Å². The highest BCUT2D eigenvalue weighted by molar-refractivity contribution is 7.10. The molecular formula is C21H33N6O9P. The minimum absolute atomic E-state index is 0.115. The number of hydrogen-bond donors (Lipinski definition) is 4. The average molecular weight is 545 g/mol. The number of rotatable bonds is 15. The molecule has 5 N–H and O–H groups in total. The minimum Gasteiger partial charge on any atom is -0.452 e. The Hall–Kier alpha value is -3.61. The van der Waals surface area contributed by atoms with E-state index >= 15 is 0 Å². The molecule has 1 heterocycles. The van der Waals surface area contributed by atoms with Gasteiger partial charge in [0.15, 0.2) is 11.7 Å². The second kappa shape index (κ2) is 16.2. The number of carbonyl (C=O) groups excluding carboxylic acids is 7. The molecule has 1 fully saturated rings. The Bertz CT molecular complexity index is 910. The van der Waals surface area contributed by atoms with Gasteiger partial charge in [-0.25, -0.2) is 4.79 Å². The molecule has 0 bridgehead atoms. The van der Waals surface area contributed by atoms with Crippen LogP contribution in [0.3, 0.4) is 0 Å². The molecule has 0 aliphatic carbocycles. The molecular weight excluding hydrogens is 511 g/mol. The third-order valence-corrected chi connectivity index (χ3v) is 5.42. The third kappa shape index (κ3) is 11.8. The SMILES string of the molecule is CN=C(N)NCCC[C@H](NC(C)=O)C(=O)CCC(=O)NC(CCC(=O)OP)C(=O)ON1C(=O)CCC1=O. The van der Waals surface area contributed by atoms with Crippen LogP contribution in [-0.4, -0.2) is 78.0 Å². The fourth-order valence-electron chi connectivity index (χ4n) is 3.22. The van der Waals surface area contributed by atoms with Crippen molar-refractivity contribution in [2.75, 3.05) is 13.6 Å². The Morgan fingerprint density at radius 1 is 1.03 bits per heavy atom. The molecule has 1 aliphatic rings. The number of nitrogens with zero attached hydrogens (tertiary/aromatic N) is 2. The van der Waals surface area contributed by atoms with Crippen LogP contribution in [0.25, 0.3) is 0 Å². The lowest BCUT2D eigenvalue weighted by Gasteiger charge is -2.20. The zero-order valence-corrected chi connectivity index (χ0v) is 21.9. The summed E-state index contributed by atoms with van der Waals surface area (Å²) >= 11 is 0. The highest BCUT2D eigenvalue weighted by Crippen LogP contribution is 2.14. The van der Waals surface area contributed by atoms with E-state index in [1.165, 1.54) is 14.0 Å². The summed E-state index contributed by atoms with van der Waals surface area (Å²) in [5, 5.41) is 8.06. The van der Waals surface area contributed by atoms with Crippen molar-refractivity contribution < 1.29 is 42.9 Å². The summed E-state index contributed by atoms with van der Waals surface area (Å²) in [6, 6.07) is -2.23. The van der Waals surface area contributed by atoms with Crippen LogP contribution in [0, 0.1) is 0 Å². The summed E-state index contributed by atoms with van der Waals surface area (Å²) in [4.78, 5) is 92.7. The molecule has 0 aromatic rings. The maximum absolute atomic E-state index is 12.6. The second-order valence-electron chi connectivity index (χ2n) is 8.04. The summed E-state index contributed by atoms with van der Waals surface area (Å²) in [6.45, 7) is 1.68. The van der Waals surface area contributed by atoms with Gasteiger partial charge in [-0.15, -0.1) is 5.06 Å². The number of imide groups is 1. The second-order valence-corrected chi connectivity index (χ2v) is 8.27. The van der Waals surface area contributed by atoms with Gasteiger partial charge < -0.3 is 31.0 Å². The van der Waals surface area contributed by atoms with Gasteiger partial charge in [0.25, 0.3) is 11.8 Å². The highest BCUT2D eigenvalue weighted by atomic mass is 31.0. The Morgan fingerprint density at radius 2 is 1.68 bits per heavy atom. The molecule has 2 unspecified atom stereocenters. The van der Waals surface area contributed by atoms with Gasteiger partial charge in [0.1, 0.15) is 6.04 Å². The van der Waals surface area contributed by atoms with E-state index in [1.54, 1.807) is 9.47 Å². The number of guanidine groups is 1. The van der Waals surface area contributed by atoms with E-state index in [4.69, 9.17) is 10.6 Å². The van der Waals surface area contributed by atoms with E-state index < -0.39 is 53.4 Å². The zero-order valence-electron chi connectivity index (χ0n) is 20.7. The first-order valence-corrected chi connectivity index (χ1v) is 12.0. The predicted octanol–water partition coefficient (Wildman–Crippen LogP) is -1.64.